The number of likely N-dealkylation sites (tertiary alicyclic amines) is 1. The third-order valence-corrected chi connectivity index (χ3v) is 9.44. The predicted molar refractivity (Wildman–Crippen MR) is 166 cm³/mol. The summed E-state index contributed by atoms with van der Waals surface area (Å²) in [4.78, 5) is 31.8. The number of carbonyl (C=O) groups excluding carboxylic acids is 1. The normalized spacial score (nSPS) is 18.0. The minimum Gasteiger partial charge on any atom is -0.453 e. The average molecular weight is 659 g/mol. The van der Waals surface area contributed by atoms with Gasteiger partial charge in [0.05, 0.1) is 22.9 Å². The fourth-order valence-electron chi connectivity index (χ4n) is 5.49. The number of ether oxygens (including phenoxy) is 2. The molecule has 15 heteroatoms. The number of hydrogen-bond donors (Lipinski definition) is 1. The highest BCUT2D eigenvalue weighted by Gasteiger charge is 2.32. The monoisotopic (exact) mass is 658 g/mol. The maximum absolute atomic E-state index is 14.9. The first kappa shape index (κ1) is 33.1. The Morgan fingerprint density at radius 2 is 1.89 bits per heavy atom. The Morgan fingerprint density at radius 1 is 1.15 bits per heavy atom. The largest absolute Gasteiger partial charge is 0.453 e. The van der Waals surface area contributed by atoms with Crippen LogP contribution in [0.25, 0.3) is 10.9 Å². The van der Waals surface area contributed by atoms with Crippen molar-refractivity contribution in [2.45, 2.75) is 64.8 Å². The van der Waals surface area contributed by atoms with Gasteiger partial charge in [-0.15, -0.1) is 0 Å². The lowest BCUT2D eigenvalue weighted by Gasteiger charge is -2.33. The molecule has 3 aromatic rings. The summed E-state index contributed by atoms with van der Waals surface area (Å²) in [5.41, 5.74) is -1.15. The number of amides is 1. The lowest BCUT2D eigenvalue weighted by Crippen LogP contribution is -2.41. The predicted octanol–water partition coefficient (Wildman–Crippen LogP) is 4.94. The molecule has 2 aromatic carbocycles. The van der Waals surface area contributed by atoms with Crippen molar-refractivity contribution in [1.82, 2.24) is 18.8 Å². The summed E-state index contributed by atoms with van der Waals surface area (Å²) in [5, 5.41) is 10.0. The van der Waals surface area contributed by atoms with Gasteiger partial charge in [0.25, 0.3) is 5.56 Å². The summed E-state index contributed by atoms with van der Waals surface area (Å²) in [6.45, 7) is 6.69. The van der Waals surface area contributed by atoms with Crippen LogP contribution in [-0.4, -0.2) is 71.2 Å². The Bertz CT molecular complexity index is 1830. The lowest BCUT2D eigenvalue weighted by atomic mass is 9.94. The second-order valence-electron chi connectivity index (χ2n) is 12.5. The van der Waals surface area contributed by atoms with Gasteiger partial charge in [0, 0.05) is 32.7 Å². The number of nitrogens with one attached hydrogen (secondary N) is 1. The van der Waals surface area contributed by atoms with Crippen LogP contribution in [0, 0.1) is 23.1 Å². The number of benzene rings is 2. The third kappa shape index (κ3) is 7.56. The number of anilines is 1. The van der Waals surface area contributed by atoms with Gasteiger partial charge < -0.3 is 14.4 Å². The molecule has 0 unspecified atom stereocenters. The molecule has 3 heterocycles. The van der Waals surface area contributed by atoms with Gasteiger partial charge in [-0.05, 0) is 82.7 Å². The summed E-state index contributed by atoms with van der Waals surface area (Å²) in [7, 11) is -4.21. The molecule has 5 rings (SSSR count). The first-order valence-electron chi connectivity index (χ1n) is 15.0. The van der Waals surface area contributed by atoms with E-state index in [1.807, 2.05) is 20.8 Å². The van der Waals surface area contributed by atoms with E-state index in [0.717, 1.165) is 29.3 Å². The molecule has 46 heavy (non-hydrogen) atoms. The molecule has 2 fully saturated rings. The first-order valence-corrected chi connectivity index (χ1v) is 16.5. The van der Waals surface area contributed by atoms with Gasteiger partial charge >= 0.3 is 16.3 Å². The number of nitriles is 1. The summed E-state index contributed by atoms with van der Waals surface area (Å²) >= 11 is 0. The minimum absolute atomic E-state index is 0.0288. The summed E-state index contributed by atoms with van der Waals surface area (Å²) in [6.07, 6.45) is 2.16. The highest BCUT2D eigenvalue weighted by Crippen LogP contribution is 2.34. The van der Waals surface area contributed by atoms with E-state index in [9.17, 15) is 32.0 Å². The third-order valence-electron chi connectivity index (χ3n) is 7.95. The van der Waals surface area contributed by atoms with Crippen LogP contribution in [0.2, 0.25) is 0 Å². The van der Waals surface area contributed by atoms with E-state index in [1.54, 1.807) is 11.0 Å². The molecule has 1 N–H and O–H groups in total. The molecule has 0 saturated carbocycles. The molecule has 2 saturated heterocycles. The Labute approximate surface area is 265 Å². The molecule has 0 spiro atoms. The average Bonchev–Trinajstić information content (AvgIpc) is 3.45. The minimum atomic E-state index is -4.21. The lowest BCUT2D eigenvalue weighted by molar-refractivity contribution is 0.0179. The van der Waals surface area contributed by atoms with Crippen LogP contribution in [0.15, 0.2) is 41.5 Å². The van der Waals surface area contributed by atoms with E-state index >= 15 is 0 Å². The quantitative estimate of drug-likeness (QED) is 0.358. The molecule has 2 aliphatic rings. The Hall–Kier alpha value is -4.29. The van der Waals surface area contributed by atoms with Crippen molar-refractivity contribution < 1.29 is 31.5 Å². The maximum atomic E-state index is 14.9. The number of alkyl halides is 1. The molecule has 1 aromatic heterocycles. The Balaban J connectivity index is 1.29. The molecule has 1 amide bonds. The second kappa shape index (κ2) is 13.2. The van der Waals surface area contributed by atoms with Crippen LogP contribution in [0.1, 0.15) is 52.0 Å². The van der Waals surface area contributed by atoms with Gasteiger partial charge in [-0.1, -0.05) is 0 Å². The first-order chi connectivity index (χ1) is 21.7. The molecule has 0 aliphatic carbocycles. The van der Waals surface area contributed by atoms with Gasteiger partial charge in [0.15, 0.2) is 11.6 Å². The number of carbonyl (C=O) groups is 1. The molecular formula is C31H36F2N6O6S. The highest BCUT2D eigenvalue weighted by molar-refractivity contribution is 7.90. The smallest absolute Gasteiger partial charge is 0.410 e. The number of halogens is 2. The van der Waals surface area contributed by atoms with Gasteiger partial charge in [-0.3, -0.25) is 14.1 Å². The summed E-state index contributed by atoms with van der Waals surface area (Å²) in [5.74, 6) is -1.12. The number of hydrogen-bond acceptors (Lipinski definition) is 8. The van der Waals surface area contributed by atoms with Gasteiger partial charge in [0.2, 0.25) is 0 Å². The van der Waals surface area contributed by atoms with E-state index in [1.165, 1.54) is 29.1 Å². The van der Waals surface area contributed by atoms with Gasteiger partial charge in [0.1, 0.15) is 29.2 Å². The number of rotatable bonds is 8. The Morgan fingerprint density at radius 3 is 2.54 bits per heavy atom. The van der Waals surface area contributed by atoms with E-state index in [4.69, 9.17) is 9.47 Å². The zero-order valence-electron chi connectivity index (χ0n) is 25.8. The van der Waals surface area contributed by atoms with Crippen LogP contribution < -0.4 is 15.0 Å². The summed E-state index contributed by atoms with van der Waals surface area (Å²) in [6, 6.07) is 8.20. The number of aryl methyl sites for hydroxylation is 1. The van der Waals surface area contributed by atoms with Crippen LogP contribution in [0.5, 0.6) is 11.5 Å². The molecule has 0 bridgehead atoms. The maximum Gasteiger partial charge on any atom is 0.410 e. The van der Waals surface area contributed by atoms with Crippen LogP contribution in [0.4, 0.5) is 19.3 Å². The molecular weight excluding hydrogens is 622 g/mol. The van der Waals surface area contributed by atoms with Crippen molar-refractivity contribution in [3.05, 3.63) is 58.4 Å². The van der Waals surface area contributed by atoms with Crippen molar-refractivity contribution in [1.29, 1.82) is 5.26 Å². The van der Waals surface area contributed by atoms with Gasteiger partial charge in [-0.2, -0.15) is 18.0 Å². The van der Waals surface area contributed by atoms with Crippen molar-refractivity contribution in [3.63, 3.8) is 0 Å². The number of aromatic nitrogens is 2. The van der Waals surface area contributed by atoms with Gasteiger partial charge in [-0.25, -0.2) is 18.6 Å². The number of fused-ring (bicyclic) bond motifs is 1. The van der Waals surface area contributed by atoms with Crippen LogP contribution in [0.3, 0.4) is 0 Å². The zero-order valence-corrected chi connectivity index (χ0v) is 26.6. The molecule has 0 radical (unpaired) electrons. The van der Waals surface area contributed by atoms with Crippen molar-refractivity contribution in [2.75, 3.05) is 30.9 Å². The van der Waals surface area contributed by atoms with E-state index in [0.29, 0.717) is 37.5 Å². The van der Waals surface area contributed by atoms with Crippen molar-refractivity contribution >= 4 is 32.9 Å². The number of nitrogens with zero attached hydrogens (tertiary/aromatic N) is 5. The Kier molecular flexibility index (Phi) is 9.50. The number of piperidine rings is 1. The van der Waals surface area contributed by atoms with E-state index in [-0.39, 0.29) is 48.0 Å². The zero-order chi connectivity index (χ0) is 33.2. The second-order valence-corrected chi connectivity index (χ2v) is 14.2. The van der Waals surface area contributed by atoms with Crippen LogP contribution >= 0.6 is 0 Å². The molecule has 1 atom stereocenters. The van der Waals surface area contributed by atoms with Crippen molar-refractivity contribution in [3.8, 4) is 17.6 Å². The molecule has 12 nitrogen and oxygen atoms in total. The SMILES string of the molecule is CC(C)(C)OC(=O)N1CCC(CCn2cnc3ccc(Oc4c(F)ccc(NS(=O)(=O)N5CC[C@@H](F)C5)c4C#N)cc3c2=O)CC1. The summed E-state index contributed by atoms with van der Waals surface area (Å²) < 4.78 is 69.9. The fourth-order valence-corrected chi connectivity index (χ4v) is 6.77. The van der Waals surface area contributed by atoms with Crippen LogP contribution in [-0.2, 0) is 21.5 Å². The van der Waals surface area contributed by atoms with E-state index in [2.05, 4.69) is 9.71 Å². The van der Waals surface area contributed by atoms with Crippen molar-refractivity contribution in [2.24, 2.45) is 5.92 Å². The topological polar surface area (TPSA) is 147 Å². The van der Waals surface area contributed by atoms with E-state index < -0.39 is 39.1 Å². The fraction of sp³-hybridized carbons (Fsp3) is 0.484. The highest BCUT2D eigenvalue weighted by atomic mass is 32.2. The standard InChI is InChI=1S/C31H36F2N6O6S/c1-31(2,3)45-30(41)37-12-8-20(9-13-37)10-14-38-19-35-26-6-4-22(16-23(26)29(38)40)44-28-24(17-34)27(7-5-25(28)33)36-46(42,43)39-15-11-21(32)18-39/h4-7,16,19-21,36H,8-15,18H2,1-3H3/t21-/m1/s1. The molecule has 2 aliphatic heterocycles. The molecule has 246 valence electrons.